The maximum absolute atomic E-state index is 8.31. The monoisotopic (exact) mass is 144 g/mol. The predicted molar refractivity (Wildman–Crippen MR) is 45.5 cm³/mol. The van der Waals surface area contributed by atoms with Gasteiger partial charge < -0.3 is 5.11 Å². The lowest BCUT2D eigenvalue weighted by Crippen LogP contribution is -1.66. The van der Waals surface area contributed by atoms with Crippen LogP contribution in [-0.2, 0) is 0 Å². The second-order valence-corrected chi connectivity index (χ2v) is 1.50. The lowest BCUT2D eigenvalue weighted by molar-refractivity contribution is 0.343. The van der Waals surface area contributed by atoms with Crippen LogP contribution in [0.15, 0.2) is 30.0 Å². The first-order valence-electron chi connectivity index (χ1n) is 3.05. The average Bonchev–Trinajstić information content (AvgIpc) is 2.03. The first-order chi connectivity index (χ1) is 5.41. The minimum Gasteiger partial charge on any atom is -0.392 e. The zero-order valence-corrected chi connectivity index (χ0v) is 6.04. The molecule has 0 aliphatic carbocycles. The summed E-state index contributed by atoms with van der Waals surface area (Å²) in [6.45, 7) is 0.0359. The van der Waals surface area contributed by atoms with Crippen LogP contribution < -0.4 is 0 Å². The zero-order valence-electron chi connectivity index (χ0n) is 6.04. The number of hydrogen-bond acceptors (Lipinski definition) is 1. The van der Waals surface area contributed by atoms with Gasteiger partial charge in [0.2, 0.25) is 0 Å². The fraction of sp³-hybridized carbons (Fsp3) is 0.100. The highest BCUT2D eigenvalue weighted by Gasteiger charge is 1.59. The molecule has 0 bridgehead atoms. The van der Waals surface area contributed by atoms with Crippen molar-refractivity contribution in [2.24, 2.45) is 0 Å². The van der Waals surface area contributed by atoms with Crippen LogP contribution in [0.1, 0.15) is 0 Å². The molecular formula is C10H8O. The van der Waals surface area contributed by atoms with Crippen molar-refractivity contribution in [3.8, 4) is 24.2 Å². The van der Waals surface area contributed by atoms with E-state index in [4.69, 9.17) is 11.5 Å². The van der Waals surface area contributed by atoms with Gasteiger partial charge in [-0.3, -0.25) is 0 Å². The molecule has 0 aromatic rings. The van der Waals surface area contributed by atoms with Gasteiger partial charge in [0.25, 0.3) is 0 Å². The molecule has 0 saturated heterocycles. The van der Waals surface area contributed by atoms with E-state index >= 15 is 0 Å². The van der Waals surface area contributed by atoms with Gasteiger partial charge in [-0.15, -0.1) is 12.2 Å². The van der Waals surface area contributed by atoms with Crippen LogP contribution in [0.25, 0.3) is 0 Å². The Morgan fingerprint density at radius 1 is 1.45 bits per heavy atom. The molecule has 0 aliphatic heterocycles. The molecule has 0 aromatic carbocycles. The van der Waals surface area contributed by atoms with Gasteiger partial charge in [0.05, 0.1) is 6.61 Å². The summed E-state index contributed by atoms with van der Waals surface area (Å²) in [6.07, 6.45) is 11.3. The predicted octanol–water partition coefficient (Wildman–Crippen LogP) is 0.883. The molecule has 0 rings (SSSR count). The van der Waals surface area contributed by atoms with E-state index in [1.165, 1.54) is 6.08 Å². The van der Waals surface area contributed by atoms with Crippen molar-refractivity contribution in [3.63, 3.8) is 0 Å². The molecule has 0 saturated carbocycles. The van der Waals surface area contributed by atoms with Crippen molar-refractivity contribution in [2.75, 3.05) is 6.61 Å². The maximum Gasteiger partial charge on any atom is 0.0615 e. The van der Waals surface area contributed by atoms with E-state index in [1.807, 2.05) is 0 Å². The summed E-state index contributed by atoms with van der Waals surface area (Å²) in [7, 11) is 0. The van der Waals surface area contributed by atoms with Crippen molar-refractivity contribution in [3.05, 3.63) is 30.0 Å². The summed E-state index contributed by atoms with van der Waals surface area (Å²) >= 11 is 0. The molecule has 0 atom stereocenters. The topological polar surface area (TPSA) is 20.2 Å². The molecule has 0 fully saturated rings. The van der Waals surface area contributed by atoms with Gasteiger partial charge in [-0.2, -0.15) is 0 Å². The molecule has 0 aliphatic rings. The number of hydrogen-bond donors (Lipinski definition) is 1. The Hall–Kier alpha value is -1.66. The summed E-state index contributed by atoms with van der Waals surface area (Å²) in [4.78, 5) is 0. The standard InChI is InChI=1S/C10H8O/c1-2-3-4-5-6-7-8-9-10-11/h1,5,7-9,11H,10H2. The summed E-state index contributed by atoms with van der Waals surface area (Å²) in [5.41, 5.74) is 2.74. The third-order valence-electron chi connectivity index (χ3n) is 0.734. The first kappa shape index (κ1) is 9.34. The SMILES string of the molecule is C#CC#CC=C=CC=CCO. The number of terminal acetylenes is 1. The van der Waals surface area contributed by atoms with Gasteiger partial charge in [-0.25, -0.2) is 0 Å². The fourth-order valence-electron chi connectivity index (χ4n) is 0.352. The Kier molecular flexibility index (Phi) is 7.08. The van der Waals surface area contributed by atoms with Gasteiger partial charge in [-0.1, -0.05) is 18.1 Å². The van der Waals surface area contributed by atoms with Gasteiger partial charge in [0.15, 0.2) is 0 Å². The maximum atomic E-state index is 8.31. The van der Waals surface area contributed by atoms with Crippen LogP contribution >= 0.6 is 0 Å². The zero-order chi connectivity index (χ0) is 8.36. The Morgan fingerprint density at radius 2 is 2.27 bits per heavy atom. The van der Waals surface area contributed by atoms with Crippen molar-refractivity contribution in [1.82, 2.24) is 0 Å². The first-order valence-corrected chi connectivity index (χ1v) is 3.05. The highest BCUT2D eigenvalue weighted by Crippen LogP contribution is 1.72. The van der Waals surface area contributed by atoms with Crippen LogP contribution in [0, 0.1) is 24.2 Å². The van der Waals surface area contributed by atoms with Crippen LogP contribution in [0.3, 0.4) is 0 Å². The van der Waals surface area contributed by atoms with E-state index in [0.717, 1.165) is 0 Å². The molecule has 0 unspecified atom stereocenters. The number of rotatable bonds is 2. The highest BCUT2D eigenvalue weighted by molar-refractivity contribution is 5.28. The fourth-order valence-corrected chi connectivity index (χ4v) is 0.352. The number of allylic oxidation sites excluding steroid dienone is 2. The summed E-state index contributed by atoms with van der Waals surface area (Å²) in [6, 6.07) is 0. The van der Waals surface area contributed by atoms with Crippen LogP contribution in [-0.4, -0.2) is 11.7 Å². The normalized spacial score (nSPS) is 7.27. The minimum absolute atomic E-state index is 0.0359. The highest BCUT2D eigenvalue weighted by atomic mass is 16.2. The molecule has 1 N–H and O–H groups in total. The van der Waals surface area contributed by atoms with E-state index in [0.29, 0.717) is 0 Å². The lowest BCUT2D eigenvalue weighted by atomic mass is 10.4. The van der Waals surface area contributed by atoms with Crippen molar-refractivity contribution in [1.29, 1.82) is 0 Å². The van der Waals surface area contributed by atoms with Crippen LogP contribution in [0.2, 0.25) is 0 Å². The largest absolute Gasteiger partial charge is 0.392 e. The van der Waals surface area contributed by atoms with E-state index in [-0.39, 0.29) is 6.61 Å². The second kappa shape index (κ2) is 8.34. The lowest BCUT2D eigenvalue weighted by Gasteiger charge is -1.69. The average molecular weight is 144 g/mol. The Balaban J connectivity index is 3.84. The quantitative estimate of drug-likeness (QED) is 0.346. The molecule has 0 spiro atoms. The summed E-state index contributed by atoms with van der Waals surface area (Å²) in [5, 5.41) is 8.31. The van der Waals surface area contributed by atoms with Gasteiger partial charge in [-0.05, 0) is 17.9 Å². The summed E-state index contributed by atoms with van der Waals surface area (Å²) in [5.74, 6) is 7.13. The van der Waals surface area contributed by atoms with E-state index in [9.17, 15) is 0 Å². The third kappa shape index (κ3) is 8.34. The third-order valence-corrected chi connectivity index (χ3v) is 0.734. The molecule has 1 nitrogen and oxygen atoms in total. The van der Waals surface area contributed by atoms with E-state index in [1.54, 1.807) is 18.2 Å². The molecule has 0 heterocycles. The Labute approximate surface area is 66.7 Å². The van der Waals surface area contributed by atoms with Crippen molar-refractivity contribution in [2.45, 2.75) is 0 Å². The van der Waals surface area contributed by atoms with Crippen LogP contribution in [0.4, 0.5) is 0 Å². The molecule has 11 heavy (non-hydrogen) atoms. The Bertz CT molecular complexity index is 272. The number of aliphatic hydroxyl groups is 1. The molecular weight excluding hydrogens is 136 g/mol. The van der Waals surface area contributed by atoms with E-state index < -0.39 is 0 Å². The second-order valence-electron chi connectivity index (χ2n) is 1.50. The van der Waals surface area contributed by atoms with Gasteiger partial charge in [0.1, 0.15) is 0 Å². The van der Waals surface area contributed by atoms with Gasteiger partial charge >= 0.3 is 0 Å². The molecule has 0 radical (unpaired) electrons. The van der Waals surface area contributed by atoms with Gasteiger partial charge in [0, 0.05) is 6.08 Å². The minimum atomic E-state index is 0.0359. The molecule has 54 valence electrons. The van der Waals surface area contributed by atoms with E-state index in [2.05, 4.69) is 23.5 Å². The van der Waals surface area contributed by atoms with Crippen LogP contribution in [0.5, 0.6) is 0 Å². The number of aliphatic hydroxyl groups excluding tert-OH is 1. The molecule has 0 aromatic heterocycles. The van der Waals surface area contributed by atoms with Crippen molar-refractivity contribution >= 4 is 0 Å². The van der Waals surface area contributed by atoms with Crippen molar-refractivity contribution < 1.29 is 5.11 Å². The smallest absolute Gasteiger partial charge is 0.0615 e. The Morgan fingerprint density at radius 3 is 2.91 bits per heavy atom. The molecule has 1 heteroatoms. The summed E-state index contributed by atoms with van der Waals surface area (Å²) < 4.78 is 0. The molecule has 0 amide bonds.